The van der Waals surface area contributed by atoms with E-state index in [-0.39, 0.29) is 55.1 Å². The van der Waals surface area contributed by atoms with Crippen LogP contribution in [0, 0.1) is 5.92 Å². The Morgan fingerprint density at radius 2 is 1.14 bits per heavy atom. The molecule has 2 aliphatic rings. The zero-order valence-corrected chi connectivity index (χ0v) is 43.8. The fourth-order valence-electron chi connectivity index (χ4n) is 8.76. The van der Waals surface area contributed by atoms with Crippen LogP contribution >= 0.6 is 0 Å². The average molecular weight is 941 g/mol. The molecule has 4 aromatic carbocycles. The van der Waals surface area contributed by atoms with Gasteiger partial charge in [-0.25, -0.2) is 0 Å². The van der Waals surface area contributed by atoms with E-state index in [0.717, 1.165) is 29.5 Å². The van der Waals surface area contributed by atoms with Crippen molar-refractivity contribution >= 4 is 16.6 Å². The maximum atomic E-state index is 13.6. The van der Waals surface area contributed by atoms with Gasteiger partial charge in [-0.3, -0.25) is 0 Å². The van der Waals surface area contributed by atoms with Crippen LogP contribution in [0.25, 0.3) is 0 Å². The Hall–Kier alpha value is -3.05. The van der Waals surface area contributed by atoms with Crippen LogP contribution in [0.3, 0.4) is 0 Å². The van der Waals surface area contributed by atoms with Crippen LogP contribution in [-0.4, -0.2) is 88.1 Å². The number of hydrogen-bond donors (Lipinski definition) is 2. The lowest BCUT2D eigenvalue weighted by molar-refractivity contribution is -0.408. The first-order chi connectivity index (χ1) is 31.1. The van der Waals surface area contributed by atoms with Crippen molar-refractivity contribution in [2.45, 2.75) is 172 Å². The largest absolute Gasteiger partial charge is 0.414 e. The molecule has 2 aliphatic heterocycles. The van der Waals surface area contributed by atoms with Crippen LogP contribution in [0.15, 0.2) is 121 Å². The lowest BCUT2D eigenvalue weighted by Crippen LogP contribution is -2.75. The molecule has 8 atom stereocenters. The van der Waals surface area contributed by atoms with Crippen LogP contribution in [-0.2, 0) is 58.8 Å². The Morgan fingerprint density at radius 3 is 1.65 bits per heavy atom. The number of aliphatic hydroxyl groups is 2. The van der Waals surface area contributed by atoms with E-state index >= 15 is 0 Å². The Morgan fingerprint density at radius 1 is 0.652 bits per heavy atom. The normalized spacial score (nSPS) is 25.7. The fraction of sp³-hybridized carbons (Fsp3) is 0.564. The van der Waals surface area contributed by atoms with Gasteiger partial charge in [-0.1, -0.05) is 170 Å². The Bertz CT molecular complexity index is 2060. The maximum absolute atomic E-state index is 13.6. The monoisotopic (exact) mass is 941 g/mol. The van der Waals surface area contributed by atoms with Gasteiger partial charge in [0, 0.05) is 12.5 Å². The summed E-state index contributed by atoms with van der Waals surface area (Å²) in [4.78, 5) is 0. The van der Waals surface area contributed by atoms with E-state index < -0.39 is 51.9 Å². The summed E-state index contributed by atoms with van der Waals surface area (Å²) in [5.74, 6) is -1.28. The molecule has 0 unspecified atom stereocenters. The van der Waals surface area contributed by atoms with Gasteiger partial charge in [0.25, 0.3) is 0 Å². The first-order valence-electron chi connectivity index (χ1n) is 24.1. The van der Waals surface area contributed by atoms with E-state index in [1.165, 1.54) is 5.56 Å². The highest BCUT2D eigenvalue weighted by atomic mass is 28.4. The number of ether oxygens (including phenoxy) is 5. The van der Waals surface area contributed by atoms with Crippen molar-refractivity contribution in [1.29, 1.82) is 0 Å². The molecular weight excluding hydrogens is 861 g/mol. The van der Waals surface area contributed by atoms with Gasteiger partial charge >= 0.3 is 0 Å². The minimum absolute atomic E-state index is 0.00358. The maximum Gasteiger partial charge on any atom is 0.198 e. The quantitative estimate of drug-likeness (QED) is 0.0704. The summed E-state index contributed by atoms with van der Waals surface area (Å²) in [6.45, 7) is 25.1. The third-order valence-corrected chi connectivity index (χ3v) is 24.0. The molecule has 0 aliphatic carbocycles. The summed E-state index contributed by atoms with van der Waals surface area (Å²) >= 11 is 0. The van der Waals surface area contributed by atoms with Crippen LogP contribution < -0.4 is 0 Å². The topological polar surface area (TPSA) is 105 Å². The highest BCUT2D eigenvalue weighted by Gasteiger charge is 2.77. The lowest BCUT2D eigenvalue weighted by atomic mass is 9.75. The Balaban J connectivity index is 1.41. The van der Waals surface area contributed by atoms with Crippen molar-refractivity contribution in [3.63, 3.8) is 0 Å². The van der Waals surface area contributed by atoms with Crippen LogP contribution in [0.5, 0.6) is 0 Å². The molecule has 2 fully saturated rings. The highest BCUT2D eigenvalue weighted by Crippen LogP contribution is 2.56. The van der Waals surface area contributed by atoms with E-state index in [9.17, 15) is 10.2 Å². The number of fused-ring (bicyclic) bond motifs is 2. The molecule has 2 heterocycles. The van der Waals surface area contributed by atoms with E-state index in [4.69, 9.17) is 32.5 Å². The van der Waals surface area contributed by atoms with Crippen LogP contribution in [0.2, 0.25) is 36.3 Å². The first kappa shape index (κ1) is 52.3. The average Bonchev–Trinajstić information content (AvgIpc) is 3.48. The molecule has 0 aromatic heterocycles. The van der Waals surface area contributed by atoms with Crippen molar-refractivity contribution < 1.29 is 42.7 Å². The molecule has 66 heavy (non-hydrogen) atoms. The van der Waals surface area contributed by atoms with Crippen molar-refractivity contribution in [1.82, 2.24) is 0 Å². The molecule has 2 bridgehead atoms. The molecule has 0 amide bonds. The van der Waals surface area contributed by atoms with Crippen molar-refractivity contribution in [3.8, 4) is 0 Å². The molecule has 9 nitrogen and oxygen atoms in total. The van der Waals surface area contributed by atoms with E-state index in [2.05, 4.69) is 105 Å². The molecule has 4 aromatic rings. The molecule has 2 saturated heterocycles. The van der Waals surface area contributed by atoms with Gasteiger partial charge in [0.1, 0.15) is 18.3 Å². The summed E-state index contributed by atoms with van der Waals surface area (Å²) in [6.07, 6.45) is -0.860. The van der Waals surface area contributed by atoms with Crippen molar-refractivity contribution in [2.75, 3.05) is 19.8 Å². The molecule has 0 saturated carbocycles. The van der Waals surface area contributed by atoms with Gasteiger partial charge in [-0.15, -0.1) is 0 Å². The molecule has 11 heteroatoms. The molecule has 0 spiro atoms. The third-order valence-electron chi connectivity index (χ3n) is 15.0. The second-order valence-corrected chi connectivity index (χ2v) is 31.6. The van der Waals surface area contributed by atoms with Crippen LogP contribution in [0.1, 0.15) is 90.0 Å². The third kappa shape index (κ3) is 12.2. The zero-order valence-electron chi connectivity index (χ0n) is 41.8. The van der Waals surface area contributed by atoms with Gasteiger partial charge < -0.3 is 42.7 Å². The summed E-state index contributed by atoms with van der Waals surface area (Å²) in [6, 6.07) is 40.4. The summed E-state index contributed by atoms with van der Waals surface area (Å²) in [5.41, 5.74) is 0.462. The smallest absolute Gasteiger partial charge is 0.198 e. The van der Waals surface area contributed by atoms with Gasteiger partial charge in [0.15, 0.2) is 33.6 Å². The second kappa shape index (κ2) is 21.7. The highest BCUT2D eigenvalue weighted by molar-refractivity contribution is 6.74. The number of aliphatic hydroxyl groups excluding tert-OH is 1. The predicted molar refractivity (Wildman–Crippen MR) is 268 cm³/mol. The van der Waals surface area contributed by atoms with E-state index in [1.54, 1.807) is 0 Å². The summed E-state index contributed by atoms with van der Waals surface area (Å²) in [7, 11) is -4.71. The predicted octanol–water partition coefficient (Wildman–Crippen LogP) is 11.4. The van der Waals surface area contributed by atoms with Gasteiger partial charge in [-0.2, -0.15) is 0 Å². The van der Waals surface area contributed by atoms with Crippen molar-refractivity contribution in [2.24, 2.45) is 5.92 Å². The van der Waals surface area contributed by atoms with E-state index in [1.807, 2.05) is 91.0 Å². The number of rotatable bonds is 23. The SMILES string of the molecule is C[C@H](Cc1ccccc1)[C@@H](CCC[C@@]12O[C@H](COCc3ccccc3)[C@@](O)(COCc3ccccc3)[C@@](CO[Si](C)(C)C(C)(C)C)(O1)[C@H](O)[C@@H]2OCc1ccccc1)O[Si](C)(C)C(C)(C)C. The van der Waals surface area contributed by atoms with Crippen molar-refractivity contribution in [3.05, 3.63) is 144 Å². The number of benzene rings is 4. The molecule has 6 rings (SSSR count). The Kier molecular flexibility index (Phi) is 17.2. The van der Waals surface area contributed by atoms with Gasteiger partial charge in [0.2, 0.25) is 0 Å². The zero-order chi connectivity index (χ0) is 47.9. The van der Waals surface area contributed by atoms with Gasteiger partial charge in [-0.05, 0) is 83.7 Å². The first-order valence-corrected chi connectivity index (χ1v) is 30.0. The number of hydrogen-bond acceptors (Lipinski definition) is 9. The second-order valence-electron chi connectivity index (χ2n) is 22.0. The lowest BCUT2D eigenvalue weighted by Gasteiger charge is -2.55. The summed E-state index contributed by atoms with van der Waals surface area (Å²) in [5, 5.41) is 26.6. The minimum Gasteiger partial charge on any atom is -0.414 e. The van der Waals surface area contributed by atoms with Gasteiger partial charge in [0.05, 0.1) is 39.6 Å². The Labute approximate surface area is 398 Å². The molecule has 362 valence electrons. The van der Waals surface area contributed by atoms with E-state index in [0.29, 0.717) is 19.4 Å². The molecule has 2 N–H and O–H groups in total. The molecular formula is C55H80O9Si2. The summed E-state index contributed by atoms with van der Waals surface area (Å²) < 4.78 is 48.8. The fourth-order valence-corrected chi connectivity index (χ4v) is 11.2. The van der Waals surface area contributed by atoms with Crippen LogP contribution in [0.4, 0.5) is 0 Å². The standard InChI is InChI=1S/C55H80O9Si2/c1-42(35-43-25-16-12-17-26-43)47(63-66(10,11)52(5,6)7)33-24-34-55-50(60-38-46-31-22-15-23-32-46)49(56)54(64-55,41-61-65(8,9)51(2,3)4)53(57,40-59-37-45-29-20-14-21-30-45)48(62-55)39-58-36-44-27-18-13-19-28-44/h12-23,25-32,42,47-50,56-57H,24,33-41H2,1-11H3/t42-,47-,48-,49-,50+,53+,54+,55-/m1/s1. The minimum atomic E-state index is -2.51. The molecule has 0 radical (unpaired) electrons.